The molecule has 31 heavy (non-hydrogen) atoms. The summed E-state index contributed by atoms with van der Waals surface area (Å²) >= 11 is 0. The molecule has 1 aromatic carbocycles. The van der Waals surface area contributed by atoms with Crippen LogP contribution in [0, 0.1) is 12.8 Å². The second-order valence-corrected chi connectivity index (χ2v) is 10.8. The van der Waals surface area contributed by atoms with Crippen LogP contribution in [0.3, 0.4) is 0 Å². The lowest BCUT2D eigenvalue weighted by Gasteiger charge is -2.30. The number of aliphatic hydroxyl groups excluding tert-OH is 1. The third kappa shape index (κ3) is 4.59. The number of carbonyl (C=O) groups is 3. The van der Waals surface area contributed by atoms with Gasteiger partial charge in [0.1, 0.15) is 17.9 Å². The molecule has 1 fully saturated rings. The van der Waals surface area contributed by atoms with Gasteiger partial charge in [-0.05, 0) is 46.2 Å². The Labute approximate surface area is 182 Å². The van der Waals surface area contributed by atoms with Crippen molar-refractivity contribution in [1.82, 2.24) is 4.90 Å². The number of methoxy groups -OCH3 is 1. The van der Waals surface area contributed by atoms with Gasteiger partial charge in [0.2, 0.25) is 0 Å². The van der Waals surface area contributed by atoms with Crippen LogP contribution in [0.1, 0.15) is 32.8 Å². The molecule has 1 saturated heterocycles. The summed E-state index contributed by atoms with van der Waals surface area (Å²) in [6.45, 7) is 5.54. The number of amides is 1. The minimum Gasteiger partial charge on any atom is -0.467 e. The van der Waals surface area contributed by atoms with E-state index in [-0.39, 0.29) is 17.6 Å². The number of hydrogen-bond acceptors (Lipinski definition) is 8. The van der Waals surface area contributed by atoms with Crippen molar-refractivity contribution in [3.8, 4) is 0 Å². The molecule has 0 saturated carbocycles. The molecule has 0 bridgehead atoms. The van der Waals surface area contributed by atoms with E-state index >= 15 is 0 Å². The molecule has 1 aliphatic heterocycles. The van der Waals surface area contributed by atoms with Gasteiger partial charge in [-0.1, -0.05) is 17.7 Å². The monoisotopic (exact) mass is 455 g/mol. The number of aliphatic hydroxyl groups is 1. The molecule has 1 N–H and O–H groups in total. The van der Waals surface area contributed by atoms with Crippen molar-refractivity contribution in [3.05, 3.63) is 29.8 Å². The Hall–Kier alpha value is -2.46. The number of sulfone groups is 1. The fourth-order valence-corrected chi connectivity index (χ4v) is 5.84. The van der Waals surface area contributed by atoms with Crippen LogP contribution in [-0.4, -0.2) is 73.4 Å². The zero-order valence-electron chi connectivity index (χ0n) is 18.3. The first-order valence-electron chi connectivity index (χ1n) is 9.80. The number of rotatable bonds is 6. The van der Waals surface area contributed by atoms with Crippen LogP contribution in [0.15, 0.2) is 29.2 Å². The van der Waals surface area contributed by atoms with E-state index in [1.54, 1.807) is 39.8 Å². The molecule has 0 spiro atoms. The number of aryl methyl sites for hydroxylation is 1. The predicted octanol–water partition coefficient (Wildman–Crippen LogP) is 1.50. The van der Waals surface area contributed by atoms with E-state index in [0.29, 0.717) is 0 Å². The zero-order valence-corrected chi connectivity index (χ0v) is 19.1. The van der Waals surface area contributed by atoms with E-state index in [0.717, 1.165) is 17.6 Å². The van der Waals surface area contributed by atoms with Gasteiger partial charge >= 0.3 is 12.1 Å². The summed E-state index contributed by atoms with van der Waals surface area (Å²) < 4.78 is 35.3. The molecule has 0 radical (unpaired) electrons. The second-order valence-electron chi connectivity index (χ2n) is 8.58. The number of esters is 1. The van der Waals surface area contributed by atoms with Gasteiger partial charge in [-0.3, -0.25) is 4.90 Å². The first-order chi connectivity index (χ1) is 14.3. The number of carbonyl (C=O) groups excluding carboxylic acids is 3. The highest BCUT2D eigenvalue weighted by atomic mass is 32.2. The van der Waals surface area contributed by atoms with Crippen LogP contribution in [-0.2, 0) is 28.9 Å². The van der Waals surface area contributed by atoms with E-state index in [1.807, 2.05) is 0 Å². The average molecular weight is 456 g/mol. The number of nitrogens with zero attached hydrogens (tertiary/aromatic N) is 1. The molecule has 10 heteroatoms. The molecule has 1 amide bonds. The normalized spacial score (nSPS) is 24.0. The summed E-state index contributed by atoms with van der Waals surface area (Å²) in [6, 6.07) is 4.50. The van der Waals surface area contributed by atoms with Crippen LogP contribution >= 0.6 is 0 Å². The molecule has 1 aliphatic rings. The Morgan fingerprint density at radius 2 is 1.84 bits per heavy atom. The maximum absolute atomic E-state index is 13.7. The Morgan fingerprint density at radius 3 is 2.29 bits per heavy atom. The molecule has 0 aromatic heterocycles. The number of likely N-dealkylation sites (tertiary alicyclic amines) is 1. The van der Waals surface area contributed by atoms with Gasteiger partial charge in [-0.2, -0.15) is 0 Å². The maximum atomic E-state index is 13.7. The minimum atomic E-state index is -4.36. The zero-order chi connectivity index (χ0) is 23.6. The summed E-state index contributed by atoms with van der Waals surface area (Å²) in [5.41, 5.74) is -0.104. The van der Waals surface area contributed by atoms with E-state index in [2.05, 4.69) is 0 Å². The van der Waals surface area contributed by atoms with E-state index < -0.39 is 57.4 Å². The van der Waals surface area contributed by atoms with E-state index in [9.17, 15) is 27.9 Å². The minimum absolute atomic E-state index is 0.122. The Kier molecular flexibility index (Phi) is 7.17. The standard InChI is InChI=1S/C21H29NO8S/c1-14-6-8-15(9-7-14)31(27,28)21(13-24)12-22(19(26)30-20(2,3)4)17(18(25)29-5)16(21)10-11-23/h6-9,13,16-17,23H,10-12H2,1-5H3/t16-,17+,21-/m1/s1. The fourth-order valence-electron chi connectivity index (χ4n) is 3.83. The van der Waals surface area contributed by atoms with Crippen molar-refractivity contribution in [1.29, 1.82) is 0 Å². The quantitative estimate of drug-likeness (QED) is 0.505. The van der Waals surface area contributed by atoms with Gasteiger partial charge in [0.05, 0.1) is 18.6 Å². The molecule has 2 rings (SSSR count). The van der Waals surface area contributed by atoms with E-state index in [1.165, 1.54) is 12.1 Å². The lowest BCUT2D eigenvalue weighted by Crippen LogP contribution is -2.49. The SMILES string of the molecule is COC(=O)[C@@H]1[C@@H](CCO)[C@@](C=O)(S(=O)(=O)c2ccc(C)cc2)CN1C(=O)OC(C)(C)C. The Morgan fingerprint density at radius 1 is 1.26 bits per heavy atom. The van der Waals surface area contributed by atoms with Gasteiger partial charge in [-0.25, -0.2) is 18.0 Å². The topological polar surface area (TPSA) is 127 Å². The second kappa shape index (κ2) is 8.96. The number of hydrogen-bond donors (Lipinski definition) is 1. The molecule has 3 atom stereocenters. The smallest absolute Gasteiger partial charge is 0.411 e. The third-order valence-corrected chi connectivity index (χ3v) is 7.73. The molecular formula is C21H29NO8S. The first-order valence-corrected chi connectivity index (χ1v) is 11.3. The van der Waals surface area contributed by atoms with Crippen LogP contribution in [0.25, 0.3) is 0 Å². The summed E-state index contributed by atoms with van der Waals surface area (Å²) in [4.78, 5) is 38.7. The summed E-state index contributed by atoms with van der Waals surface area (Å²) in [6.07, 6.45) is -0.917. The van der Waals surface area contributed by atoms with Crippen molar-refractivity contribution in [2.75, 3.05) is 20.3 Å². The van der Waals surface area contributed by atoms with Crippen molar-refractivity contribution in [2.24, 2.45) is 5.92 Å². The largest absolute Gasteiger partial charge is 0.467 e. The first kappa shape index (κ1) is 24.8. The van der Waals surface area contributed by atoms with Crippen LogP contribution < -0.4 is 0 Å². The van der Waals surface area contributed by atoms with E-state index in [4.69, 9.17) is 9.47 Å². The predicted molar refractivity (Wildman–Crippen MR) is 111 cm³/mol. The maximum Gasteiger partial charge on any atom is 0.411 e. The van der Waals surface area contributed by atoms with Gasteiger partial charge in [0.15, 0.2) is 14.6 Å². The summed E-state index contributed by atoms with van der Waals surface area (Å²) in [5, 5.41) is 9.61. The average Bonchev–Trinajstić information content (AvgIpc) is 3.03. The lowest BCUT2D eigenvalue weighted by molar-refractivity contribution is -0.147. The molecule has 172 valence electrons. The molecule has 0 unspecified atom stereocenters. The lowest BCUT2D eigenvalue weighted by atomic mass is 9.88. The number of aldehydes is 1. The van der Waals surface area contributed by atoms with Crippen molar-refractivity contribution in [2.45, 2.75) is 55.4 Å². The van der Waals surface area contributed by atoms with Crippen molar-refractivity contribution >= 4 is 28.2 Å². The molecule has 0 aliphatic carbocycles. The van der Waals surface area contributed by atoms with Gasteiger partial charge in [0, 0.05) is 12.5 Å². The highest BCUT2D eigenvalue weighted by Gasteiger charge is 2.64. The number of ether oxygens (including phenoxy) is 2. The van der Waals surface area contributed by atoms with Gasteiger partial charge in [0.25, 0.3) is 0 Å². The highest BCUT2D eigenvalue weighted by Crippen LogP contribution is 2.44. The highest BCUT2D eigenvalue weighted by molar-refractivity contribution is 7.93. The summed E-state index contributed by atoms with van der Waals surface area (Å²) in [7, 11) is -3.26. The Bertz CT molecular complexity index is 935. The molecule has 1 aromatic rings. The van der Waals surface area contributed by atoms with Crippen LogP contribution in [0.4, 0.5) is 4.79 Å². The van der Waals surface area contributed by atoms with Crippen molar-refractivity contribution in [3.63, 3.8) is 0 Å². The molecular weight excluding hydrogens is 426 g/mol. The molecule has 9 nitrogen and oxygen atoms in total. The van der Waals surface area contributed by atoms with Gasteiger partial charge < -0.3 is 19.4 Å². The van der Waals surface area contributed by atoms with Gasteiger partial charge in [-0.15, -0.1) is 0 Å². The van der Waals surface area contributed by atoms with Crippen molar-refractivity contribution < 1.29 is 37.4 Å². The molecule has 1 heterocycles. The number of benzene rings is 1. The third-order valence-electron chi connectivity index (χ3n) is 5.30. The van der Waals surface area contributed by atoms with Crippen LogP contribution in [0.5, 0.6) is 0 Å². The summed E-state index contributed by atoms with van der Waals surface area (Å²) in [5.74, 6) is -2.13. The Balaban J connectivity index is 2.69. The van der Waals surface area contributed by atoms with Crippen LogP contribution in [0.2, 0.25) is 0 Å². The fraction of sp³-hybridized carbons (Fsp3) is 0.571.